The van der Waals surface area contributed by atoms with Crippen molar-refractivity contribution in [1.82, 2.24) is 9.88 Å². The Balaban J connectivity index is 2.76. The molecule has 1 aromatic rings. The summed E-state index contributed by atoms with van der Waals surface area (Å²) in [5.41, 5.74) is 1.79. The summed E-state index contributed by atoms with van der Waals surface area (Å²) in [6, 6.07) is -0.413. The molecule has 0 radical (unpaired) electrons. The summed E-state index contributed by atoms with van der Waals surface area (Å²) in [5.74, 6) is -0.475. The fraction of sp³-hybridized carbons (Fsp3) is 0.615. The molecule has 1 rings (SSSR count). The first-order valence-corrected chi connectivity index (χ1v) is 7.58. The largest absolute Gasteiger partial charge is 0.461 e. The molecule has 0 saturated heterocycles. The minimum absolute atomic E-state index is 0.00166. The second-order valence-corrected chi connectivity index (χ2v) is 4.98. The third kappa shape index (κ3) is 3.93. The van der Waals surface area contributed by atoms with Gasteiger partial charge < -0.3 is 15.0 Å². The molecule has 1 atom stereocenters. The molecular weight excluding hydrogens is 278 g/mol. The highest BCUT2D eigenvalue weighted by atomic mass is 32.1. The van der Waals surface area contributed by atoms with Gasteiger partial charge in [-0.15, -0.1) is 11.3 Å². The van der Waals surface area contributed by atoms with Crippen LogP contribution in [-0.4, -0.2) is 47.5 Å². The number of aromatic nitrogens is 1. The molecule has 0 fully saturated rings. The van der Waals surface area contributed by atoms with Crippen molar-refractivity contribution in [2.45, 2.75) is 33.7 Å². The Morgan fingerprint density at radius 2 is 2.05 bits per heavy atom. The van der Waals surface area contributed by atoms with Crippen molar-refractivity contribution in [3.8, 4) is 0 Å². The number of nitrogens with one attached hydrogen (secondary N) is 1. The van der Waals surface area contributed by atoms with E-state index in [1.807, 2.05) is 13.8 Å². The maximum Gasteiger partial charge on any atom is 0.360 e. The number of nitrogens with zero attached hydrogens (tertiary/aromatic N) is 2. The van der Waals surface area contributed by atoms with Crippen LogP contribution in [0.15, 0.2) is 5.51 Å². The molecule has 20 heavy (non-hydrogen) atoms. The zero-order valence-electron chi connectivity index (χ0n) is 12.3. The summed E-state index contributed by atoms with van der Waals surface area (Å²) in [7, 11) is 0. The van der Waals surface area contributed by atoms with Gasteiger partial charge in [-0.05, 0) is 27.7 Å². The molecule has 0 aromatic carbocycles. The van der Waals surface area contributed by atoms with E-state index in [-0.39, 0.29) is 11.6 Å². The van der Waals surface area contributed by atoms with Gasteiger partial charge in [0.25, 0.3) is 0 Å². The first-order valence-electron chi connectivity index (χ1n) is 6.70. The molecule has 0 aliphatic rings. The number of likely N-dealkylation sites (N-methyl/N-ethyl adjacent to an activating group) is 1. The van der Waals surface area contributed by atoms with E-state index >= 15 is 0 Å². The molecule has 0 saturated carbocycles. The SMILES string of the molecule is CCOC(=O)c1ncsc1NC(C)C(=O)N(CC)CC. The van der Waals surface area contributed by atoms with Crippen molar-refractivity contribution in [2.24, 2.45) is 0 Å². The molecule has 0 aliphatic carbocycles. The second-order valence-electron chi connectivity index (χ2n) is 4.13. The summed E-state index contributed by atoms with van der Waals surface area (Å²) < 4.78 is 4.93. The van der Waals surface area contributed by atoms with Crippen molar-refractivity contribution in [1.29, 1.82) is 0 Å². The van der Waals surface area contributed by atoms with Crippen LogP contribution in [0.4, 0.5) is 5.00 Å². The van der Waals surface area contributed by atoms with Gasteiger partial charge in [0.1, 0.15) is 11.0 Å². The van der Waals surface area contributed by atoms with Crippen molar-refractivity contribution in [3.63, 3.8) is 0 Å². The molecule has 112 valence electrons. The summed E-state index contributed by atoms with van der Waals surface area (Å²) in [6.45, 7) is 9.00. The Hall–Kier alpha value is -1.63. The molecule has 0 aliphatic heterocycles. The first-order chi connectivity index (χ1) is 9.54. The van der Waals surface area contributed by atoms with Crippen LogP contribution < -0.4 is 5.32 Å². The van der Waals surface area contributed by atoms with Gasteiger partial charge in [0.05, 0.1) is 12.1 Å². The van der Waals surface area contributed by atoms with E-state index in [2.05, 4.69) is 10.3 Å². The molecule has 7 heteroatoms. The average molecular weight is 299 g/mol. The molecule has 0 bridgehead atoms. The monoisotopic (exact) mass is 299 g/mol. The predicted octanol–water partition coefficient (Wildman–Crippen LogP) is 1.99. The van der Waals surface area contributed by atoms with Gasteiger partial charge >= 0.3 is 5.97 Å². The highest BCUT2D eigenvalue weighted by Crippen LogP contribution is 2.22. The van der Waals surface area contributed by atoms with Crippen LogP contribution in [0.3, 0.4) is 0 Å². The van der Waals surface area contributed by atoms with Crippen LogP contribution >= 0.6 is 11.3 Å². The zero-order chi connectivity index (χ0) is 15.1. The standard InChI is InChI=1S/C13H21N3O3S/c1-5-16(6-2)12(17)9(4)15-11-10(14-8-20-11)13(18)19-7-3/h8-9,15H,5-7H2,1-4H3. The molecule has 1 unspecified atom stereocenters. The molecular formula is C13H21N3O3S. The zero-order valence-corrected chi connectivity index (χ0v) is 13.1. The van der Waals surface area contributed by atoms with Gasteiger partial charge in [0, 0.05) is 13.1 Å². The lowest BCUT2D eigenvalue weighted by Gasteiger charge is -2.23. The van der Waals surface area contributed by atoms with Gasteiger partial charge in [-0.2, -0.15) is 0 Å². The van der Waals surface area contributed by atoms with E-state index in [1.165, 1.54) is 11.3 Å². The number of rotatable bonds is 7. The number of hydrogen-bond acceptors (Lipinski definition) is 6. The summed E-state index contributed by atoms with van der Waals surface area (Å²) in [6.07, 6.45) is 0. The molecule has 1 heterocycles. The number of ether oxygens (including phenoxy) is 1. The van der Waals surface area contributed by atoms with E-state index in [4.69, 9.17) is 4.74 Å². The first kappa shape index (κ1) is 16.4. The number of carbonyl (C=O) groups excluding carboxylic acids is 2. The van der Waals surface area contributed by atoms with E-state index in [0.29, 0.717) is 24.7 Å². The van der Waals surface area contributed by atoms with Gasteiger partial charge in [0.2, 0.25) is 5.91 Å². The maximum atomic E-state index is 12.2. The number of thiazole rings is 1. The van der Waals surface area contributed by atoms with Crippen LogP contribution in [-0.2, 0) is 9.53 Å². The fourth-order valence-corrected chi connectivity index (χ4v) is 2.52. The summed E-state index contributed by atoms with van der Waals surface area (Å²) in [5, 5.41) is 3.61. The number of esters is 1. The van der Waals surface area contributed by atoms with E-state index in [1.54, 1.807) is 24.3 Å². The molecule has 1 N–H and O–H groups in total. The summed E-state index contributed by atoms with van der Waals surface area (Å²) in [4.78, 5) is 29.6. The normalized spacial score (nSPS) is 11.8. The Morgan fingerprint density at radius 1 is 1.40 bits per heavy atom. The van der Waals surface area contributed by atoms with Crippen molar-refractivity contribution in [3.05, 3.63) is 11.2 Å². The van der Waals surface area contributed by atoms with Crippen molar-refractivity contribution >= 4 is 28.2 Å². The van der Waals surface area contributed by atoms with Crippen LogP contribution in [0.2, 0.25) is 0 Å². The fourth-order valence-electron chi connectivity index (χ4n) is 1.76. The van der Waals surface area contributed by atoms with Crippen molar-refractivity contribution < 1.29 is 14.3 Å². The van der Waals surface area contributed by atoms with Gasteiger partial charge in [-0.1, -0.05) is 0 Å². The topological polar surface area (TPSA) is 71.5 Å². The number of amides is 1. The van der Waals surface area contributed by atoms with E-state index in [9.17, 15) is 9.59 Å². The predicted molar refractivity (Wildman–Crippen MR) is 79.1 cm³/mol. The third-order valence-corrected chi connectivity index (χ3v) is 3.59. The molecule has 6 nitrogen and oxygen atoms in total. The van der Waals surface area contributed by atoms with E-state index < -0.39 is 12.0 Å². The maximum absolute atomic E-state index is 12.2. The highest BCUT2D eigenvalue weighted by Gasteiger charge is 2.22. The Kier molecular flexibility index (Phi) is 6.44. The van der Waals surface area contributed by atoms with Gasteiger partial charge in [-0.3, -0.25) is 4.79 Å². The van der Waals surface area contributed by atoms with Gasteiger partial charge in [-0.25, -0.2) is 9.78 Å². The smallest absolute Gasteiger partial charge is 0.360 e. The third-order valence-electron chi connectivity index (χ3n) is 2.83. The van der Waals surface area contributed by atoms with Crippen LogP contribution in [0.5, 0.6) is 0 Å². The molecule has 1 amide bonds. The minimum atomic E-state index is -0.473. The number of anilines is 1. The van der Waals surface area contributed by atoms with Crippen LogP contribution in [0.25, 0.3) is 0 Å². The lowest BCUT2D eigenvalue weighted by molar-refractivity contribution is -0.131. The molecule has 1 aromatic heterocycles. The Morgan fingerprint density at radius 3 is 2.60 bits per heavy atom. The minimum Gasteiger partial charge on any atom is -0.461 e. The lowest BCUT2D eigenvalue weighted by atomic mass is 10.2. The molecule has 0 spiro atoms. The second kappa shape index (κ2) is 7.84. The van der Waals surface area contributed by atoms with E-state index in [0.717, 1.165) is 0 Å². The van der Waals surface area contributed by atoms with Gasteiger partial charge in [0.15, 0.2) is 5.69 Å². The van der Waals surface area contributed by atoms with Crippen LogP contribution in [0.1, 0.15) is 38.2 Å². The average Bonchev–Trinajstić information content (AvgIpc) is 2.88. The number of carbonyl (C=O) groups is 2. The number of hydrogen-bond donors (Lipinski definition) is 1. The van der Waals surface area contributed by atoms with Crippen LogP contribution in [0, 0.1) is 0 Å². The van der Waals surface area contributed by atoms with Crippen molar-refractivity contribution in [2.75, 3.05) is 25.0 Å². The quantitative estimate of drug-likeness (QED) is 0.780. The lowest BCUT2D eigenvalue weighted by Crippen LogP contribution is -2.41. The Labute approximate surface area is 123 Å². The Bertz CT molecular complexity index is 457. The highest BCUT2D eigenvalue weighted by molar-refractivity contribution is 7.14. The summed E-state index contributed by atoms with van der Waals surface area (Å²) >= 11 is 1.28.